The molecule has 1 aliphatic heterocycles. The minimum Gasteiger partial charge on any atom is -0.497 e. The molecule has 4 nitrogen and oxygen atoms in total. The van der Waals surface area contributed by atoms with Crippen LogP contribution in [0.2, 0.25) is 0 Å². The fraction of sp³-hybridized carbons (Fsp3) is 0.625. The Labute approximate surface area is 122 Å². The van der Waals surface area contributed by atoms with E-state index in [0.29, 0.717) is 0 Å². The Kier molecular flexibility index (Phi) is 6.15. The highest BCUT2D eigenvalue weighted by atomic mass is 16.5. The summed E-state index contributed by atoms with van der Waals surface area (Å²) in [5.41, 5.74) is 1.30. The maximum absolute atomic E-state index is 5.20. The first kappa shape index (κ1) is 15.1. The molecule has 0 bridgehead atoms. The summed E-state index contributed by atoms with van der Waals surface area (Å²) in [5.74, 6) is 0.925. The lowest BCUT2D eigenvalue weighted by Crippen LogP contribution is -2.48. The fourth-order valence-electron chi connectivity index (χ4n) is 2.56. The van der Waals surface area contributed by atoms with Crippen LogP contribution in [0.15, 0.2) is 24.3 Å². The van der Waals surface area contributed by atoms with Gasteiger partial charge < -0.3 is 15.0 Å². The third kappa shape index (κ3) is 4.39. The predicted octanol–water partition coefficient (Wildman–Crippen LogP) is 1.82. The second-order valence-electron chi connectivity index (χ2n) is 5.28. The van der Waals surface area contributed by atoms with Gasteiger partial charge in [0.1, 0.15) is 5.75 Å². The van der Waals surface area contributed by atoms with Gasteiger partial charge in [0, 0.05) is 45.0 Å². The SMILES string of the molecule is CCCNCCN1CCN(c2ccc(OC)cc2)CC1. The molecule has 1 aliphatic rings. The van der Waals surface area contributed by atoms with Crippen molar-refractivity contribution in [1.82, 2.24) is 10.2 Å². The zero-order chi connectivity index (χ0) is 14.2. The van der Waals surface area contributed by atoms with Crippen molar-refractivity contribution in [2.24, 2.45) is 0 Å². The van der Waals surface area contributed by atoms with Gasteiger partial charge >= 0.3 is 0 Å². The number of piperazine rings is 1. The van der Waals surface area contributed by atoms with E-state index in [1.165, 1.54) is 12.1 Å². The first-order valence-corrected chi connectivity index (χ1v) is 7.65. The lowest BCUT2D eigenvalue weighted by atomic mass is 10.2. The second-order valence-corrected chi connectivity index (χ2v) is 5.28. The van der Waals surface area contributed by atoms with Crippen LogP contribution in [-0.4, -0.2) is 57.8 Å². The van der Waals surface area contributed by atoms with Crippen molar-refractivity contribution in [1.29, 1.82) is 0 Å². The molecule has 0 saturated carbocycles. The molecule has 0 spiro atoms. The molecule has 4 heteroatoms. The monoisotopic (exact) mass is 277 g/mol. The number of anilines is 1. The number of rotatable bonds is 7. The molecule has 0 amide bonds. The largest absolute Gasteiger partial charge is 0.497 e. The Morgan fingerprint density at radius 2 is 1.75 bits per heavy atom. The van der Waals surface area contributed by atoms with E-state index in [0.717, 1.165) is 51.6 Å². The molecule has 0 unspecified atom stereocenters. The summed E-state index contributed by atoms with van der Waals surface area (Å²) in [4.78, 5) is 5.00. The molecule has 0 aromatic heterocycles. The Bertz CT molecular complexity index is 372. The molecule has 112 valence electrons. The molecule has 0 atom stereocenters. The fourth-order valence-corrected chi connectivity index (χ4v) is 2.56. The first-order chi connectivity index (χ1) is 9.83. The molecule has 20 heavy (non-hydrogen) atoms. The number of nitrogens with zero attached hydrogens (tertiary/aromatic N) is 2. The van der Waals surface area contributed by atoms with Crippen LogP contribution < -0.4 is 15.0 Å². The molecule has 2 rings (SSSR count). The minimum atomic E-state index is 0.925. The van der Waals surface area contributed by atoms with Crippen LogP contribution >= 0.6 is 0 Å². The van der Waals surface area contributed by atoms with E-state index in [1.807, 2.05) is 12.1 Å². The number of nitrogens with one attached hydrogen (secondary N) is 1. The van der Waals surface area contributed by atoms with E-state index in [1.54, 1.807) is 7.11 Å². The van der Waals surface area contributed by atoms with Crippen LogP contribution in [0.3, 0.4) is 0 Å². The van der Waals surface area contributed by atoms with Gasteiger partial charge in [-0.15, -0.1) is 0 Å². The van der Waals surface area contributed by atoms with Gasteiger partial charge in [-0.2, -0.15) is 0 Å². The van der Waals surface area contributed by atoms with E-state index in [4.69, 9.17) is 4.74 Å². The summed E-state index contributed by atoms with van der Waals surface area (Å²) >= 11 is 0. The standard InChI is InChI=1S/C16H27N3O/c1-3-8-17-9-10-18-11-13-19(14-12-18)15-4-6-16(20-2)7-5-15/h4-7,17H,3,8-14H2,1-2H3. The average molecular weight is 277 g/mol. The Balaban J connectivity index is 1.73. The number of hydrogen-bond acceptors (Lipinski definition) is 4. The summed E-state index contributed by atoms with van der Waals surface area (Å²) in [6.07, 6.45) is 1.21. The summed E-state index contributed by atoms with van der Waals surface area (Å²) in [6, 6.07) is 8.38. The smallest absolute Gasteiger partial charge is 0.119 e. The van der Waals surface area contributed by atoms with Crippen LogP contribution in [0, 0.1) is 0 Å². The summed E-state index contributed by atoms with van der Waals surface area (Å²) in [7, 11) is 1.71. The minimum absolute atomic E-state index is 0.925. The topological polar surface area (TPSA) is 27.7 Å². The van der Waals surface area contributed by atoms with Gasteiger partial charge in [0.15, 0.2) is 0 Å². The molecule has 1 heterocycles. The molecule has 1 N–H and O–H groups in total. The van der Waals surface area contributed by atoms with Gasteiger partial charge in [-0.05, 0) is 37.2 Å². The normalized spacial score (nSPS) is 16.4. The molecular weight excluding hydrogens is 250 g/mol. The van der Waals surface area contributed by atoms with Crippen molar-refractivity contribution in [3.63, 3.8) is 0 Å². The molecule has 0 aliphatic carbocycles. The number of methoxy groups -OCH3 is 1. The van der Waals surface area contributed by atoms with Gasteiger partial charge in [0.25, 0.3) is 0 Å². The van der Waals surface area contributed by atoms with Crippen molar-refractivity contribution in [2.75, 3.05) is 57.8 Å². The third-order valence-electron chi connectivity index (χ3n) is 3.84. The van der Waals surface area contributed by atoms with E-state index >= 15 is 0 Å². The van der Waals surface area contributed by atoms with E-state index in [-0.39, 0.29) is 0 Å². The molecule has 1 aromatic carbocycles. The molecule has 1 aromatic rings. The number of ether oxygens (including phenoxy) is 1. The average Bonchev–Trinajstić information content (AvgIpc) is 2.52. The molecule has 0 radical (unpaired) electrons. The van der Waals surface area contributed by atoms with Crippen molar-refractivity contribution < 1.29 is 4.74 Å². The third-order valence-corrected chi connectivity index (χ3v) is 3.84. The van der Waals surface area contributed by atoms with Gasteiger partial charge in [-0.1, -0.05) is 6.92 Å². The van der Waals surface area contributed by atoms with Crippen LogP contribution in [0.5, 0.6) is 5.75 Å². The maximum atomic E-state index is 5.20. The number of benzene rings is 1. The van der Waals surface area contributed by atoms with Gasteiger partial charge in [-0.3, -0.25) is 4.90 Å². The highest BCUT2D eigenvalue weighted by Gasteiger charge is 2.16. The first-order valence-electron chi connectivity index (χ1n) is 7.65. The van der Waals surface area contributed by atoms with Crippen molar-refractivity contribution in [3.8, 4) is 5.75 Å². The highest BCUT2D eigenvalue weighted by molar-refractivity contribution is 5.49. The van der Waals surface area contributed by atoms with Gasteiger partial charge in [0.05, 0.1) is 7.11 Å². The Morgan fingerprint density at radius 3 is 2.35 bits per heavy atom. The predicted molar refractivity (Wildman–Crippen MR) is 84.8 cm³/mol. The molecular formula is C16H27N3O. The maximum Gasteiger partial charge on any atom is 0.119 e. The van der Waals surface area contributed by atoms with Crippen LogP contribution in [0.25, 0.3) is 0 Å². The van der Waals surface area contributed by atoms with Crippen LogP contribution in [0.1, 0.15) is 13.3 Å². The summed E-state index contributed by atoms with van der Waals surface area (Å²) in [5, 5.41) is 3.47. The molecule has 1 fully saturated rings. The summed E-state index contributed by atoms with van der Waals surface area (Å²) in [6.45, 7) is 10.1. The second kappa shape index (κ2) is 8.12. The Morgan fingerprint density at radius 1 is 1.05 bits per heavy atom. The lowest BCUT2D eigenvalue weighted by molar-refractivity contribution is 0.258. The van der Waals surface area contributed by atoms with E-state index < -0.39 is 0 Å². The van der Waals surface area contributed by atoms with Crippen molar-refractivity contribution in [2.45, 2.75) is 13.3 Å². The lowest BCUT2D eigenvalue weighted by Gasteiger charge is -2.36. The van der Waals surface area contributed by atoms with Crippen LogP contribution in [-0.2, 0) is 0 Å². The van der Waals surface area contributed by atoms with Gasteiger partial charge in [-0.25, -0.2) is 0 Å². The number of hydrogen-bond donors (Lipinski definition) is 1. The van der Waals surface area contributed by atoms with E-state index in [9.17, 15) is 0 Å². The van der Waals surface area contributed by atoms with E-state index in [2.05, 4.69) is 34.2 Å². The summed E-state index contributed by atoms with van der Waals surface area (Å²) < 4.78 is 5.20. The zero-order valence-electron chi connectivity index (χ0n) is 12.8. The highest BCUT2D eigenvalue weighted by Crippen LogP contribution is 2.20. The van der Waals surface area contributed by atoms with Crippen LogP contribution in [0.4, 0.5) is 5.69 Å². The van der Waals surface area contributed by atoms with Crippen molar-refractivity contribution >= 4 is 5.69 Å². The zero-order valence-corrected chi connectivity index (χ0v) is 12.8. The Hall–Kier alpha value is -1.26. The van der Waals surface area contributed by atoms with Crippen molar-refractivity contribution in [3.05, 3.63) is 24.3 Å². The van der Waals surface area contributed by atoms with Gasteiger partial charge in [0.2, 0.25) is 0 Å². The quantitative estimate of drug-likeness (QED) is 0.769. The molecule has 1 saturated heterocycles.